The van der Waals surface area contributed by atoms with Crippen molar-refractivity contribution in [2.45, 2.75) is 5.79 Å². The van der Waals surface area contributed by atoms with Crippen molar-refractivity contribution < 1.29 is 9.47 Å². The molecule has 0 radical (unpaired) electrons. The van der Waals surface area contributed by atoms with Crippen molar-refractivity contribution in [3.05, 3.63) is 28.5 Å². The summed E-state index contributed by atoms with van der Waals surface area (Å²) in [4.78, 5) is 4.03. The van der Waals surface area contributed by atoms with Crippen molar-refractivity contribution >= 4 is 40.7 Å². The molecule has 4 nitrogen and oxygen atoms in total. The maximum absolute atomic E-state index is 5.62. The summed E-state index contributed by atoms with van der Waals surface area (Å²) >= 11 is 3.33. The van der Waals surface area contributed by atoms with E-state index in [4.69, 9.17) is 15.2 Å². The van der Waals surface area contributed by atoms with Crippen molar-refractivity contribution in [2.24, 2.45) is 5.73 Å². The van der Waals surface area contributed by atoms with Crippen LogP contribution in [0.15, 0.2) is 22.9 Å². The number of ether oxygens (including phenoxy) is 2. The summed E-state index contributed by atoms with van der Waals surface area (Å²) in [5.41, 5.74) is 6.41. The molecule has 1 aromatic rings. The van der Waals surface area contributed by atoms with Gasteiger partial charge in [0.25, 0.3) is 0 Å². The van der Waals surface area contributed by atoms with Crippen molar-refractivity contribution in [3.8, 4) is 0 Å². The van der Waals surface area contributed by atoms with Crippen LogP contribution < -0.4 is 5.73 Å². The first-order valence-corrected chi connectivity index (χ1v) is 4.89. The smallest absolute Gasteiger partial charge is 0.208 e. The topological polar surface area (TPSA) is 57.4 Å². The third-order valence-electron chi connectivity index (χ3n) is 2.07. The number of pyridine rings is 1. The Morgan fingerprint density at radius 3 is 2.25 bits per heavy atom. The number of hydrogen-bond acceptors (Lipinski definition) is 4. The highest BCUT2D eigenvalue weighted by Gasteiger charge is 2.30. The molecular formula is C9H15BrCl2N2O2. The molecule has 0 aromatic carbocycles. The predicted molar refractivity (Wildman–Crippen MR) is 71.2 cm³/mol. The average Bonchev–Trinajstić information content (AvgIpc) is 2.22. The highest BCUT2D eigenvalue weighted by Crippen LogP contribution is 2.25. The van der Waals surface area contributed by atoms with E-state index in [1.54, 1.807) is 26.6 Å². The summed E-state index contributed by atoms with van der Waals surface area (Å²) in [5.74, 6) is -0.906. The van der Waals surface area contributed by atoms with E-state index in [2.05, 4.69) is 20.9 Å². The summed E-state index contributed by atoms with van der Waals surface area (Å²) in [5, 5.41) is 0. The Bertz CT molecular complexity index is 303. The second-order valence-corrected chi connectivity index (χ2v) is 3.67. The zero-order valence-corrected chi connectivity index (χ0v) is 12.2. The molecule has 0 saturated carbocycles. The van der Waals surface area contributed by atoms with E-state index in [1.807, 2.05) is 6.07 Å². The molecule has 0 saturated heterocycles. The summed E-state index contributed by atoms with van der Waals surface area (Å²) in [7, 11) is 3.11. The number of aromatic nitrogens is 1. The second kappa shape index (κ2) is 8.22. The van der Waals surface area contributed by atoms with Crippen molar-refractivity contribution in [1.82, 2.24) is 4.98 Å². The van der Waals surface area contributed by atoms with Crippen LogP contribution in [-0.2, 0) is 15.3 Å². The lowest BCUT2D eigenvalue weighted by Crippen LogP contribution is -2.39. The number of halogens is 3. The van der Waals surface area contributed by atoms with Gasteiger partial charge in [-0.2, -0.15) is 0 Å². The summed E-state index contributed by atoms with van der Waals surface area (Å²) in [6.45, 7) is 0.234. The van der Waals surface area contributed by atoms with Gasteiger partial charge in [-0.05, 0) is 22.0 Å². The quantitative estimate of drug-likeness (QED) is 0.857. The van der Waals surface area contributed by atoms with Gasteiger partial charge in [-0.15, -0.1) is 24.8 Å². The third-order valence-corrected chi connectivity index (χ3v) is 2.51. The van der Waals surface area contributed by atoms with Gasteiger partial charge in [-0.1, -0.05) is 0 Å². The molecule has 0 fully saturated rings. The molecule has 0 bridgehead atoms. The van der Waals surface area contributed by atoms with E-state index < -0.39 is 5.79 Å². The minimum Gasteiger partial charge on any atom is -0.348 e. The van der Waals surface area contributed by atoms with Crippen LogP contribution in [0.2, 0.25) is 0 Å². The molecule has 1 aromatic heterocycles. The second-order valence-electron chi connectivity index (χ2n) is 2.76. The monoisotopic (exact) mass is 332 g/mol. The molecule has 0 atom stereocenters. The molecule has 16 heavy (non-hydrogen) atoms. The van der Waals surface area contributed by atoms with Crippen molar-refractivity contribution in [1.29, 1.82) is 0 Å². The summed E-state index contributed by atoms with van der Waals surface area (Å²) < 4.78 is 11.4. The van der Waals surface area contributed by atoms with E-state index in [0.717, 1.165) is 10.0 Å². The van der Waals surface area contributed by atoms with E-state index in [-0.39, 0.29) is 31.4 Å². The first kappa shape index (κ1) is 18.5. The number of nitrogens with zero attached hydrogens (tertiary/aromatic N) is 1. The minimum absolute atomic E-state index is 0. The van der Waals surface area contributed by atoms with Gasteiger partial charge in [0.2, 0.25) is 5.79 Å². The fraction of sp³-hybridized carbons (Fsp3) is 0.444. The van der Waals surface area contributed by atoms with E-state index in [9.17, 15) is 0 Å². The lowest BCUT2D eigenvalue weighted by atomic mass is 10.1. The Labute approximate surface area is 116 Å². The van der Waals surface area contributed by atoms with E-state index >= 15 is 0 Å². The summed E-state index contributed by atoms with van der Waals surface area (Å²) in [6.07, 6.45) is 3.36. The molecule has 0 aliphatic carbocycles. The van der Waals surface area contributed by atoms with Gasteiger partial charge in [0.1, 0.15) is 0 Å². The molecule has 1 heterocycles. The van der Waals surface area contributed by atoms with Crippen LogP contribution in [0, 0.1) is 0 Å². The maximum Gasteiger partial charge on any atom is 0.208 e. The number of rotatable bonds is 4. The van der Waals surface area contributed by atoms with Crippen molar-refractivity contribution in [2.75, 3.05) is 20.8 Å². The normalized spacial score (nSPS) is 10.2. The van der Waals surface area contributed by atoms with Gasteiger partial charge in [0, 0.05) is 36.6 Å². The van der Waals surface area contributed by atoms with Crippen LogP contribution in [-0.4, -0.2) is 25.7 Å². The Kier molecular flexibility index (Phi) is 9.48. The van der Waals surface area contributed by atoms with Crippen molar-refractivity contribution in [3.63, 3.8) is 0 Å². The standard InChI is InChI=1S/C9H13BrN2O2.2ClH/c1-13-9(6-11,14-2)7-3-8(10)5-12-4-7;;/h3-5H,6,11H2,1-2H3;2*1H. The predicted octanol–water partition coefficient (Wildman–Crippen LogP) is 2.09. The van der Waals surface area contributed by atoms with Gasteiger partial charge in [0.15, 0.2) is 0 Å². The van der Waals surface area contributed by atoms with Crippen LogP contribution in [0.1, 0.15) is 5.56 Å². The van der Waals surface area contributed by atoms with Gasteiger partial charge in [0.05, 0.1) is 6.54 Å². The fourth-order valence-electron chi connectivity index (χ4n) is 1.22. The zero-order valence-electron chi connectivity index (χ0n) is 8.97. The Hall–Kier alpha value is 0.0900. The Morgan fingerprint density at radius 2 is 1.88 bits per heavy atom. The Balaban J connectivity index is 0. The number of nitrogens with two attached hydrogens (primary N) is 1. The molecule has 0 aliphatic rings. The van der Waals surface area contributed by atoms with Gasteiger partial charge < -0.3 is 15.2 Å². The molecule has 1 rings (SSSR count). The molecule has 7 heteroatoms. The SMILES string of the molecule is COC(CN)(OC)c1cncc(Br)c1.Cl.Cl. The minimum atomic E-state index is -0.906. The number of methoxy groups -OCH3 is 2. The van der Waals surface area contributed by atoms with Gasteiger partial charge >= 0.3 is 0 Å². The van der Waals surface area contributed by atoms with E-state index in [0.29, 0.717) is 0 Å². The molecule has 0 unspecified atom stereocenters. The van der Waals surface area contributed by atoms with Crippen LogP contribution >= 0.6 is 40.7 Å². The van der Waals surface area contributed by atoms with Gasteiger partial charge in [-0.3, -0.25) is 4.98 Å². The van der Waals surface area contributed by atoms with E-state index in [1.165, 1.54) is 0 Å². The third kappa shape index (κ3) is 3.84. The molecule has 94 valence electrons. The maximum atomic E-state index is 5.62. The molecule has 0 spiro atoms. The summed E-state index contributed by atoms with van der Waals surface area (Å²) in [6, 6.07) is 1.87. The van der Waals surface area contributed by atoms with Crippen LogP contribution in [0.3, 0.4) is 0 Å². The van der Waals surface area contributed by atoms with Crippen LogP contribution in [0.5, 0.6) is 0 Å². The van der Waals surface area contributed by atoms with Crippen LogP contribution in [0.4, 0.5) is 0 Å². The Morgan fingerprint density at radius 1 is 1.31 bits per heavy atom. The average molecular weight is 334 g/mol. The number of hydrogen-bond donors (Lipinski definition) is 1. The highest BCUT2D eigenvalue weighted by atomic mass is 79.9. The first-order valence-electron chi connectivity index (χ1n) is 4.10. The fourth-order valence-corrected chi connectivity index (χ4v) is 1.59. The molecular weight excluding hydrogens is 319 g/mol. The lowest BCUT2D eigenvalue weighted by molar-refractivity contribution is -0.208. The zero-order chi connectivity index (χ0) is 10.6. The molecule has 0 amide bonds. The lowest BCUT2D eigenvalue weighted by Gasteiger charge is -2.29. The molecule has 2 N–H and O–H groups in total. The first-order chi connectivity index (χ1) is 6.68. The molecule has 0 aliphatic heterocycles. The van der Waals surface area contributed by atoms with Gasteiger partial charge in [-0.25, -0.2) is 0 Å². The van der Waals surface area contributed by atoms with Crippen LogP contribution in [0.25, 0.3) is 0 Å². The largest absolute Gasteiger partial charge is 0.348 e. The highest BCUT2D eigenvalue weighted by molar-refractivity contribution is 9.10.